The van der Waals surface area contributed by atoms with Gasteiger partial charge in [-0.25, -0.2) is 18.2 Å². The quantitative estimate of drug-likeness (QED) is 0.578. The number of aryl methyl sites for hydroxylation is 4. The molecule has 0 bridgehead atoms. The molecule has 0 radical (unpaired) electrons. The third-order valence-corrected chi connectivity index (χ3v) is 7.81. The van der Waals surface area contributed by atoms with Gasteiger partial charge in [-0.05, 0) is 24.6 Å². The lowest BCUT2D eigenvalue weighted by Gasteiger charge is -2.05. The Morgan fingerprint density at radius 2 is 1.59 bits per heavy atom. The van der Waals surface area contributed by atoms with Crippen molar-refractivity contribution in [2.24, 2.45) is 16.6 Å². The van der Waals surface area contributed by atoms with Gasteiger partial charge >= 0.3 is 0 Å². The van der Waals surface area contributed by atoms with Crippen molar-refractivity contribution in [2.75, 3.05) is 0 Å². The van der Waals surface area contributed by atoms with Crippen LogP contribution in [0.15, 0.2) is 50.0 Å². The molecule has 0 unspecified atom stereocenters. The van der Waals surface area contributed by atoms with Crippen molar-refractivity contribution in [1.29, 1.82) is 0 Å². The number of hydrogen-bond acceptors (Lipinski definition) is 6. The van der Waals surface area contributed by atoms with E-state index in [4.69, 9.17) is 5.14 Å². The lowest BCUT2D eigenvalue weighted by atomic mass is 10.2. The number of pyridine rings is 1. The Balaban J connectivity index is 2.03. The molecule has 0 aliphatic heterocycles. The topological polar surface area (TPSA) is 128 Å². The molecule has 0 atom stereocenters. The van der Waals surface area contributed by atoms with Gasteiger partial charge in [0.1, 0.15) is 0 Å². The number of nitrogens with two attached hydrogens (primary N) is 1. The molecule has 0 fully saturated rings. The molecular weight excluding hydrogens is 434 g/mol. The van der Waals surface area contributed by atoms with Crippen molar-refractivity contribution >= 4 is 31.4 Å². The van der Waals surface area contributed by atoms with Crippen LogP contribution in [0.4, 0.5) is 0 Å². The molecule has 3 aromatic rings. The second-order valence-electron chi connectivity index (χ2n) is 6.53. The number of aromatic nitrogens is 3. The van der Waals surface area contributed by atoms with E-state index in [2.05, 4.69) is 9.50 Å². The van der Waals surface area contributed by atoms with Crippen molar-refractivity contribution in [3.8, 4) is 5.69 Å². The number of benzene rings is 1. The van der Waals surface area contributed by atoms with Gasteiger partial charge in [-0.2, -0.15) is 13.0 Å². The van der Waals surface area contributed by atoms with E-state index in [1.165, 1.54) is 19.2 Å². The van der Waals surface area contributed by atoms with Gasteiger partial charge in [0.15, 0.2) is 11.4 Å². The van der Waals surface area contributed by atoms with Crippen molar-refractivity contribution in [3.63, 3.8) is 0 Å². The summed E-state index contributed by atoms with van der Waals surface area (Å²) in [5.74, 6) is 0. The van der Waals surface area contributed by atoms with Crippen LogP contribution in [-0.2, 0) is 27.1 Å². The van der Waals surface area contributed by atoms with Crippen molar-refractivity contribution in [3.05, 3.63) is 58.2 Å². The second kappa shape index (κ2) is 7.44. The highest BCUT2D eigenvalue weighted by molar-refractivity contribution is 7.91. The summed E-state index contributed by atoms with van der Waals surface area (Å²) in [5, 5.41) is 8.73. The molecule has 2 heterocycles. The van der Waals surface area contributed by atoms with Crippen LogP contribution in [0.3, 0.4) is 0 Å². The number of nitrogens with zero attached hydrogens (tertiary/aromatic N) is 4. The third kappa shape index (κ3) is 4.45. The van der Waals surface area contributed by atoms with Crippen LogP contribution in [0.25, 0.3) is 5.69 Å². The smallest absolute Gasteiger partial charge is 0.239 e. The average Bonchev–Trinajstić information content (AvgIpc) is 2.95. The summed E-state index contributed by atoms with van der Waals surface area (Å²) >= 11 is 0.582. The molecule has 0 spiro atoms. The molecule has 9 nitrogen and oxygen atoms in total. The maximum atomic E-state index is 12.7. The van der Waals surface area contributed by atoms with E-state index in [0.717, 1.165) is 27.3 Å². The zero-order valence-electron chi connectivity index (χ0n) is 16.2. The zero-order valence-corrected chi connectivity index (χ0v) is 18.6. The van der Waals surface area contributed by atoms with E-state index < -0.39 is 24.4 Å². The van der Waals surface area contributed by atoms with Crippen molar-refractivity contribution < 1.29 is 21.4 Å². The standard InChI is InChI=1S/C17H20N5O4S3/c1-11-9-12(2)22(13(3)10-11)14-5-7-15(8-6-14)29(25,26)20-16-21(4)19-17(27-16)28(18,23)24/h5-10H,1-4H3,(H2,18,23,24)/q+1/b20-16-. The summed E-state index contributed by atoms with van der Waals surface area (Å²) in [6, 6.07) is 10.4. The van der Waals surface area contributed by atoms with Crippen LogP contribution in [0.2, 0.25) is 0 Å². The van der Waals surface area contributed by atoms with E-state index >= 15 is 0 Å². The van der Waals surface area contributed by atoms with Crippen LogP contribution < -0.4 is 14.5 Å². The molecule has 154 valence electrons. The summed E-state index contributed by atoms with van der Waals surface area (Å²) in [7, 11) is -6.72. The van der Waals surface area contributed by atoms with Crippen LogP contribution in [0, 0.1) is 20.8 Å². The average molecular weight is 455 g/mol. The van der Waals surface area contributed by atoms with E-state index in [0.29, 0.717) is 11.3 Å². The SMILES string of the molecule is Cc1cc(C)[n+](-c2ccc(S(=O)(=O)/N=c3\sc(S(N)(=O)=O)nn3C)cc2)c(C)c1. The fourth-order valence-electron chi connectivity index (χ4n) is 2.96. The zero-order chi connectivity index (χ0) is 21.6. The minimum absolute atomic E-state index is 0.0187. The monoisotopic (exact) mass is 454 g/mol. The van der Waals surface area contributed by atoms with Gasteiger partial charge in [-0.3, -0.25) is 0 Å². The molecule has 0 saturated carbocycles. The Bertz CT molecular complexity index is 1350. The number of sulfonamides is 2. The third-order valence-electron chi connectivity index (χ3n) is 4.10. The minimum atomic E-state index is -4.06. The van der Waals surface area contributed by atoms with Crippen LogP contribution in [0.5, 0.6) is 0 Å². The van der Waals surface area contributed by atoms with Crippen LogP contribution in [-0.4, -0.2) is 26.6 Å². The molecule has 0 amide bonds. The molecule has 12 heteroatoms. The predicted molar refractivity (Wildman–Crippen MR) is 107 cm³/mol. The first kappa shape index (κ1) is 21.3. The molecule has 2 aromatic heterocycles. The molecule has 29 heavy (non-hydrogen) atoms. The fraction of sp³-hybridized carbons (Fsp3) is 0.235. The first-order valence-electron chi connectivity index (χ1n) is 8.37. The predicted octanol–water partition coefficient (Wildman–Crippen LogP) is 0.621. The maximum absolute atomic E-state index is 12.7. The van der Waals surface area contributed by atoms with Gasteiger partial charge in [0.25, 0.3) is 20.0 Å². The Morgan fingerprint density at radius 3 is 2.07 bits per heavy atom. The lowest BCUT2D eigenvalue weighted by Crippen LogP contribution is -2.37. The van der Waals surface area contributed by atoms with Gasteiger partial charge in [-0.1, -0.05) is 11.3 Å². The highest BCUT2D eigenvalue weighted by atomic mass is 32.2. The number of rotatable bonds is 4. The van der Waals surface area contributed by atoms with Gasteiger partial charge in [0.2, 0.25) is 14.8 Å². The van der Waals surface area contributed by atoms with E-state index in [9.17, 15) is 16.8 Å². The summed E-state index contributed by atoms with van der Waals surface area (Å²) in [6.45, 7) is 5.97. The number of hydrogen-bond donors (Lipinski definition) is 1. The summed E-state index contributed by atoms with van der Waals surface area (Å²) in [5.41, 5.74) is 4.01. The Hall–Kier alpha value is -2.41. The Labute approximate surface area is 172 Å². The van der Waals surface area contributed by atoms with E-state index in [1.807, 2.05) is 37.5 Å². The lowest BCUT2D eigenvalue weighted by molar-refractivity contribution is -0.609. The highest BCUT2D eigenvalue weighted by Gasteiger charge is 2.20. The van der Waals surface area contributed by atoms with Crippen molar-refractivity contribution in [2.45, 2.75) is 30.0 Å². The Kier molecular flexibility index (Phi) is 5.47. The summed E-state index contributed by atoms with van der Waals surface area (Å²) in [4.78, 5) is -0.118. The molecule has 3 rings (SSSR count). The fourth-order valence-corrected chi connectivity index (χ4v) is 5.73. The van der Waals surface area contributed by atoms with Gasteiger partial charge in [0, 0.05) is 45.2 Å². The largest absolute Gasteiger partial charge is 0.285 e. The molecule has 1 aromatic carbocycles. The highest BCUT2D eigenvalue weighted by Crippen LogP contribution is 2.15. The maximum Gasteiger partial charge on any atom is 0.285 e. The van der Waals surface area contributed by atoms with Crippen LogP contribution >= 0.6 is 11.3 Å². The molecule has 2 N–H and O–H groups in total. The minimum Gasteiger partial charge on any atom is -0.239 e. The van der Waals surface area contributed by atoms with E-state index in [1.54, 1.807) is 12.1 Å². The summed E-state index contributed by atoms with van der Waals surface area (Å²) < 4.78 is 54.5. The Morgan fingerprint density at radius 1 is 1.03 bits per heavy atom. The first-order valence-corrected chi connectivity index (χ1v) is 12.2. The molecule has 0 saturated heterocycles. The first-order chi connectivity index (χ1) is 13.4. The normalized spacial score (nSPS) is 13.1. The van der Waals surface area contributed by atoms with Crippen molar-refractivity contribution in [1.82, 2.24) is 9.78 Å². The van der Waals surface area contributed by atoms with Gasteiger partial charge in [0.05, 0.1) is 4.90 Å². The van der Waals surface area contributed by atoms with Gasteiger partial charge < -0.3 is 0 Å². The van der Waals surface area contributed by atoms with Gasteiger partial charge in [-0.15, -0.1) is 9.50 Å². The molecular formula is C17H20N5O4S3+. The van der Waals surface area contributed by atoms with Crippen LogP contribution in [0.1, 0.15) is 17.0 Å². The molecule has 0 aliphatic rings. The summed E-state index contributed by atoms with van der Waals surface area (Å²) in [6.07, 6.45) is 0. The van der Waals surface area contributed by atoms with E-state index in [-0.39, 0.29) is 9.70 Å². The molecule has 0 aliphatic carbocycles. The second-order valence-corrected chi connectivity index (χ2v) is 10.8. The number of primary sulfonamides is 1.